The number of nitrogens with zero attached hydrogens (tertiary/aromatic N) is 2. The van der Waals surface area contributed by atoms with Gasteiger partial charge in [0.15, 0.2) is 0 Å². The third kappa shape index (κ3) is 3.41. The van der Waals surface area contributed by atoms with Gasteiger partial charge >= 0.3 is 0 Å². The summed E-state index contributed by atoms with van der Waals surface area (Å²) in [6.07, 6.45) is 0. The number of piperazine rings is 1. The molecule has 0 spiro atoms. The van der Waals surface area contributed by atoms with Crippen LogP contribution < -0.4 is 17.0 Å². The maximum atomic E-state index is 12.4. The van der Waals surface area contributed by atoms with Crippen molar-refractivity contribution in [3.05, 3.63) is 29.8 Å². The van der Waals surface area contributed by atoms with Crippen LogP contribution in [0.5, 0.6) is 5.75 Å². The predicted octanol–water partition coefficient (Wildman–Crippen LogP) is -1.07. The molecule has 2 rings (SSSR count). The van der Waals surface area contributed by atoms with Crippen molar-refractivity contribution in [3.63, 3.8) is 0 Å². The highest BCUT2D eigenvalue weighted by atomic mass is 16.3. The molecule has 0 aliphatic carbocycles. The first-order valence-electron chi connectivity index (χ1n) is 6.66. The third-order valence-electron chi connectivity index (χ3n) is 3.56. The molecule has 1 unspecified atom stereocenters. The molecule has 1 aliphatic rings. The van der Waals surface area contributed by atoms with Crippen LogP contribution in [0.25, 0.3) is 0 Å². The number of carbonyl (C=O) groups excluding carboxylic acids is 1. The number of nitrogens with two attached hydrogens (primary N) is 2. The van der Waals surface area contributed by atoms with Crippen LogP contribution in [0.1, 0.15) is 11.6 Å². The van der Waals surface area contributed by atoms with Gasteiger partial charge in [0, 0.05) is 26.2 Å². The van der Waals surface area contributed by atoms with Gasteiger partial charge in [-0.15, -0.1) is 0 Å². The van der Waals surface area contributed by atoms with Crippen molar-refractivity contribution in [2.24, 2.45) is 11.6 Å². The molecule has 1 aliphatic heterocycles. The predicted molar refractivity (Wildman–Crippen MR) is 78.2 cm³/mol. The average Bonchev–Trinajstić information content (AvgIpc) is 2.53. The van der Waals surface area contributed by atoms with Crippen LogP contribution in [-0.4, -0.2) is 53.0 Å². The number of carbonyl (C=O) groups is 1. The van der Waals surface area contributed by atoms with Gasteiger partial charge < -0.3 is 20.6 Å². The van der Waals surface area contributed by atoms with E-state index in [0.717, 1.165) is 0 Å². The number of benzene rings is 1. The number of hydrazine groups is 1. The van der Waals surface area contributed by atoms with E-state index in [0.29, 0.717) is 31.7 Å². The van der Waals surface area contributed by atoms with E-state index < -0.39 is 6.04 Å². The molecule has 1 fully saturated rings. The second-order valence-electron chi connectivity index (χ2n) is 4.87. The van der Waals surface area contributed by atoms with E-state index in [9.17, 15) is 9.90 Å². The fraction of sp³-hybridized carbons (Fsp3) is 0.385. The lowest BCUT2D eigenvalue weighted by Crippen LogP contribution is -2.55. The summed E-state index contributed by atoms with van der Waals surface area (Å²) in [6, 6.07) is 5.55. The normalized spacial score (nSPS) is 16.5. The number of phenols is 1. The lowest BCUT2D eigenvalue weighted by molar-refractivity contribution is -0.134. The molecule has 1 atom stereocenters. The molecule has 1 aromatic rings. The highest BCUT2D eigenvalue weighted by Gasteiger charge is 2.26. The third-order valence-corrected chi connectivity index (χ3v) is 3.56. The molecule has 7 N–H and O–H groups in total. The molecule has 1 amide bonds. The minimum atomic E-state index is -0.746. The number of hydrogen-bond acceptors (Lipinski definition) is 5. The van der Waals surface area contributed by atoms with Gasteiger partial charge in [0.25, 0.3) is 0 Å². The van der Waals surface area contributed by atoms with Gasteiger partial charge in [0.2, 0.25) is 11.9 Å². The first-order chi connectivity index (χ1) is 10.0. The highest BCUT2D eigenvalue weighted by molar-refractivity contribution is 5.83. The van der Waals surface area contributed by atoms with Crippen LogP contribution in [0, 0.1) is 5.41 Å². The van der Waals surface area contributed by atoms with Crippen LogP contribution in [0.3, 0.4) is 0 Å². The van der Waals surface area contributed by atoms with Gasteiger partial charge in [0.1, 0.15) is 11.8 Å². The maximum Gasteiger partial charge on any atom is 0.244 e. The lowest BCUT2D eigenvalue weighted by Gasteiger charge is -2.36. The van der Waals surface area contributed by atoms with Crippen molar-refractivity contribution >= 4 is 11.9 Å². The molecular formula is C13H20N6O2. The van der Waals surface area contributed by atoms with Crippen molar-refractivity contribution < 1.29 is 9.90 Å². The van der Waals surface area contributed by atoms with Gasteiger partial charge in [-0.1, -0.05) is 12.1 Å². The number of hydrogen-bond donors (Lipinski definition) is 5. The van der Waals surface area contributed by atoms with Crippen molar-refractivity contribution in [3.8, 4) is 5.75 Å². The molecule has 0 saturated carbocycles. The van der Waals surface area contributed by atoms with Crippen LogP contribution in [-0.2, 0) is 4.79 Å². The Morgan fingerprint density at radius 3 is 2.24 bits per heavy atom. The Morgan fingerprint density at radius 1 is 1.19 bits per heavy atom. The second kappa shape index (κ2) is 6.42. The first-order valence-corrected chi connectivity index (χ1v) is 6.66. The number of nitrogens with one attached hydrogen (secondary N) is 2. The zero-order valence-corrected chi connectivity index (χ0v) is 11.6. The minimum Gasteiger partial charge on any atom is -0.508 e. The van der Waals surface area contributed by atoms with E-state index in [-0.39, 0.29) is 17.6 Å². The Kier molecular flexibility index (Phi) is 4.61. The summed E-state index contributed by atoms with van der Waals surface area (Å²) >= 11 is 0. The van der Waals surface area contributed by atoms with Crippen molar-refractivity contribution in [2.45, 2.75) is 6.04 Å². The molecule has 1 saturated heterocycles. The van der Waals surface area contributed by atoms with E-state index in [1.54, 1.807) is 21.9 Å². The summed E-state index contributed by atoms with van der Waals surface area (Å²) in [6.45, 7) is 2.07. The summed E-state index contributed by atoms with van der Waals surface area (Å²) in [4.78, 5) is 15.8. The molecule has 0 radical (unpaired) electrons. The van der Waals surface area contributed by atoms with Gasteiger partial charge in [0.05, 0.1) is 0 Å². The van der Waals surface area contributed by atoms with E-state index in [4.69, 9.17) is 17.0 Å². The highest BCUT2D eigenvalue weighted by Crippen LogP contribution is 2.17. The summed E-state index contributed by atoms with van der Waals surface area (Å²) < 4.78 is 0. The Balaban J connectivity index is 1.95. The number of amides is 1. The van der Waals surface area contributed by atoms with E-state index in [2.05, 4.69) is 5.43 Å². The first kappa shape index (κ1) is 15.1. The molecule has 8 heteroatoms. The van der Waals surface area contributed by atoms with Crippen LogP contribution in [0.2, 0.25) is 0 Å². The van der Waals surface area contributed by atoms with Crippen LogP contribution in [0.4, 0.5) is 0 Å². The fourth-order valence-electron chi connectivity index (χ4n) is 2.26. The molecule has 1 heterocycles. The number of guanidine groups is 1. The van der Waals surface area contributed by atoms with Gasteiger partial charge in [-0.25, -0.2) is 5.84 Å². The van der Waals surface area contributed by atoms with E-state index in [1.807, 2.05) is 0 Å². The average molecular weight is 292 g/mol. The molecular weight excluding hydrogens is 272 g/mol. The number of aromatic hydroxyl groups is 1. The number of rotatable bonds is 2. The molecule has 8 nitrogen and oxygen atoms in total. The quantitative estimate of drug-likeness (QED) is 0.204. The van der Waals surface area contributed by atoms with Crippen LogP contribution in [0.15, 0.2) is 24.3 Å². The largest absolute Gasteiger partial charge is 0.508 e. The standard InChI is InChI=1S/C13H20N6O2/c14-11(9-1-3-10(20)4-2-9)12(21)18-5-7-19(8-6-18)13(15)17-16/h1-4,11,20H,5-8,14,16H2,(H2,15,17). The molecule has 21 heavy (non-hydrogen) atoms. The topological polar surface area (TPSA) is 132 Å². The van der Waals surface area contributed by atoms with Gasteiger partial charge in [-0.05, 0) is 17.7 Å². The molecule has 1 aromatic carbocycles. The van der Waals surface area contributed by atoms with Crippen molar-refractivity contribution in [2.75, 3.05) is 26.2 Å². The SMILES string of the molecule is N=C(NN)N1CCN(C(=O)C(N)c2ccc(O)cc2)CC1. The molecule has 0 aromatic heterocycles. The Labute approximate surface area is 122 Å². The molecule has 0 bridgehead atoms. The zero-order valence-electron chi connectivity index (χ0n) is 11.6. The van der Waals surface area contributed by atoms with E-state index >= 15 is 0 Å². The summed E-state index contributed by atoms with van der Waals surface area (Å²) in [5.74, 6) is 5.32. The smallest absolute Gasteiger partial charge is 0.244 e. The Bertz CT molecular complexity index is 510. The Morgan fingerprint density at radius 2 is 1.71 bits per heavy atom. The lowest BCUT2D eigenvalue weighted by atomic mass is 10.1. The van der Waals surface area contributed by atoms with Gasteiger partial charge in [-0.2, -0.15) is 0 Å². The maximum absolute atomic E-state index is 12.4. The van der Waals surface area contributed by atoms with E-state index in [1.165, 1.54) is 12.1 Å². The van der Waals surface area contributed by atoms with Gasteiger partial charge in [-0.3, -0.25) is 15.6 Å². The monoisotopic (exact) mass is 292 g/mol. The Hall–Kier alpha value is -2.32. The molecule has 114 valence electrons. The van der Waals surface area contributed by atoms with Crippen LogP contribution >= 0.6 is 0 Å². The summed E-state index contributed by atoms with van der Waals surface area (Å²) in [5.41, 5.74) is 8.93. The fourth-order valence-corrected chi connectivity index (χ4v) is 2.26. The summed E-state index contributed by atoms with van der Waals surface area (Å²) in [5, 5.41) is 16.8. The number of phenolic OH excluding ortho intramolecular Hbond substituents is 1. The zero-order chi connectivity index (χ0) is 15.4. The second-order valence-corrected chi connectivity index (χ2v) is 4.87. The van der Waals surface area contributed by atoms with Crippen molar-refractivity contribution in [1.29, 1.82) is 5.41 Å². The summed E-state index contributed by atoms with van der Waals surface area (Å²) in [7, 11) is 0. The van der Waals surface area contributed by atoms with Crippen molar-refractivity contribution in [1.82, 2.24) is 15.2 Å². The minimum absolute atomic E-state index is 0.139.